The molecule has 5 nitrogen and oxygen atoms in total. The van der Waals surface area contributed by atoms with Crippen LogP contribution in [-0.2, 0) is 21.9 Å². The molecule has 0 aliphatic heterocycles. The van der Waals surface area contributed by atoms with Crippen LogP contribution in [0.5, 0.6) is 0 Å². The molecular weight excluding hydrogens is 241 g/mol. The number of aldehydes is 1. The Kier molecular flexibility index (Phi) is 5.02. The number of carbonyl (C=O) groups excluding carboxylic acids is 1. The Hall–Kier alpha value is -1.00. The molecule has 3 N–H and O–H groups in total. The molecule has 0 unspecified atom stereocenters. The van der Waals surface area contributed by atoms with Crippen LogP contribution in [0.15, 0.2) is 24.3 Å². The van der Waals surface area contributed by atoms with E-state index in [-0.39, 0.29) is 12.2 Å². The number of likely N-dealkylation sites (N-methyl/N-ethyl adjacent to an activating group) is 1. The van der Waals surface area contributed by atoms with Crippen molar-refractivity contribution in [2.45, 2.75) is 18.6 Å². The summed E-state index contributed by atoms with van der Waals surface area (Å²) in [4.78, 5) is 28.3. The maximum absolute atomic E-state index is 10.8. The van der Waals surface area contributed by atoms with E-state index in [0.29, 0.717) is 12.0 Å². The highest BCUT2D eigenvalue weighted by Crippen LogP contribution is 2.38. The fraction of sp³-hybridized carbons (Fsp3) is 0.364. The molecule has 0 aliphatic rings. The molecule has 1 aromatic carbocycles. The molecule has 0 spiro atoms. The van der Waals surface area contributed by atoms with Crippen molar-refractivity contribution >= 4 is 13.9 Å². The summed E-state index contributed by atoms with van der Waals surface area (Å²) < 4.78 is 10.8. The van der Waals surface area contributed by atoms with Gasteiger partial charge in [-0.05, 0) is 24.6 Å². The van der Waals surface area contributed by atoms with Crippen molar-refractivity contribution in [2.75, 3.05) is 7.05 Å². The molecule has 0 fully saturated rings. The van der Waals surface area contributed by atoms with Crippen LogP contribution in [0.25, 0.3) is 0 Å². The first-order valence-electron chi connectivity index (χ1n) is 5.19. The molecule has 0 amide bonds. The van der Waals surface area contributed by atoms with Gasteiger partial charge in [-0.2, -0.15) is 0 Å². The van der Waals surface area contributed by atoms with Crippen LogP contribution in [0.4, 0.5) is 0 Å². The number of carbonyl (C=O) groups is 1. The first kappa shape index (κ1) is 14.1. The Bertz CT molecular complexity index is 412. The number of rotatable bonds is 6. The molecule has 1 rings (SSSR count). The van der Waals surface area contributed by atoms with E-state index in [9.17, 15) is 9.36 Å². The number of nitrogens with one attached hydrogen (secondary N) is 1. The van der Waals surface area contributed by atoms with Crippen molar-refractivity contribution in [3.63, 3.8) is 0 Å². The molecule has 17 heavy (non-hydrogen) atoms. The van der Waals surface area contributed by atoms with Gasteiger partial charge in [0, 0.05) is 0 Å². The summed E-state index contributed by atoms with van der Waals surface area (Å²) >= 11 is 0. The fourth-order valence-electron chi connectivity index (χ4n) is 1.49. The topological polar surface area (TPSA) is 86.6 Å². The molecule has 0 saturated carbocycles. The Morgan fingerprint density at radius 2 is 1.82 bits per heavy atom. The average Bonchev–Trinajstić information content (AvgIpc) is 2.26. The number of benzene rings is 1. The molecule has 0 heterocycles. The zero-order valence-corrected chi connectivity index (χ0v) is 10.4. The van der Waals surface area contributed by atoms with Crippen molar-refractivity contribution in [1.82, 2.24) is 5.32 Å². The minimum atomic E-state index is -4.01. The zero-order valence-electron chi connectivity index (χ0n) is 9.54. The molecule has 1 aromatic rings. The summed E-state index contributed by atoms with van der Waals surface area (Å²) in [6, 6.07) is 6.66. The van der Waals surface area contributed by atoms with Crippen LogP contribution in [0, 0.1) is 0 Å². The van der Waals surface area contributed by atoms with E-state index in [2.05, 4.69) is 5.32 Å². The second-order valence-corrected chi connectivity index (χ2v) is 5.52. The number of hydrogen-bond acceptors (Lipinski definition) is 3. The maximum atomic E-state index is 10.8. The van der Waals surface area contributed by atoms with Crippen molar-refractivity contribution in [1.29, 1.82) is 0 Å². The van der Waals surface area contributed by atoms with Crippen molar-refractivity contribution in [2.24, 2.45) is 0 Å². The van der Waals surface area contributed by atoms with Gasteiger partial charge < -0.3 is 19.9 Å². The first-order valence-corrected chi connectivity index (χ1v) is 6.99. The van der Waals surface area contributed by atoms with Gasteiger partial charge in [0.2, 0.25) is 0 Å². The van der Waals surface area contributed by atoms with Crippen LogP contribution >= 0.6 is 7.60 Å². The third kappa shape index (κ3) is 5.24. The quantitative estimate of drug-likeness (QED) is 0.515. The molecule has 0 bridgehead atoms. The van der Waals surface area contributed by atoms with E-state index in [1.807, 2.05) is 0 Å². The standard InChI is InChI=1S/C11H16NO4P/c1-12-11(7-13)6-9-2-4-10(5-3-9)8-17(14,15)16/h2-5,7,11-12H,6,8H2,1H3,(H2,14,15,16)/t11-/m0/s1. The Labute approximate surface area is 100 Å². The Morgan fingerprint density at radius 3 is 2.24 bits per heavy atom. The van der Waals surface area contributed by atoms with E-state index in [1.54, 1.807) is 31.3 Å². The highest BCUT2D eigenvalue weighted by Gasteiger charge is 2.13. The molecule has 94 valence electrons. The van der Waals surface area contributed by atoms with E-state index in [1.165, 1.54) is 0 Å². The van der Waals surface area contributed by atoms with Gasteiger partial charge in [-0.3, -0.25) is 4.57 Å². The fourth-order valence-corrected chi connectivity index (χ4v) is 2.18. The van der Waals surface area contributed by atoms with Crippen LogP contribution in [0.1, 0.15) is 11.1 Å². The Morgan fingerprint density at radius 1 is 1.29 bits per heavy atom. The van der Waals surface area contributed by atoms with Gasteiger partial charge in [0.05, 0.1) is 12.2 Å². The van der Waals surface area contributed by atoms with Gasteiger partial charge in [-0.1, -0.05) is 24.3 Å². The largest absolute Gasteiger partial charge is 0.329 e. The van der Waals surface area contributed by atoms with Gasteiger partial charge in [0.25, 0.3) is 0 Å². The molecule has 0 radical (unpaired) electrons. The van der Waals surface area contributed by atoms with Gasteiger partial charge in [0.15, 0.2) is 0 Å². The number of hydrogen-bond donors (Lipinski definition) is 3. The second-order valence-electron chi connectivity index (χ2n) is 3.87. The van der Waals surface area contributed by atoms with Crippen LogP contribution in [0.2, 0.25) is 0 Å². The third-order valence-corrected chi connectivity index (χ3v) is 3.18. The highest BCUT2D eigenvalue weighted by molar-refractivity contribution is 7.50. The van der Waals surface area contributed by atoms with E-state index >= 15 is 0 Å². The first-order chi connectivity index (χ1) is 7.94. The lowest BCUT2D eigenvalue weighted by Crippen LogP contribution is -2.28. The monoisotopic (exact) mass is 257 g/mol. The lowest BCUT2D eigenvalue weighted by atomic mass is 10.1. The maximum Gasteiger partial charge on any atom is 0.329 e. The van der Waals surface area contributed by atoms with Crippen LogP contribution in [0.3, 0.4) is 0 Å². The summed E-state index contributed by atoms with van der Waals surface area (Å²) in [5.41, 5.74) is 1.54. The molecule has 1 atom stereocenters. The van der Waals surface area contributed by atoms with E-state index in [4.69, 9.17) is 9.79 Å². The van der Waals surface area contributed by atoms with Gasteiger partial charge in [0.1, 0.15) is 6.29 Å². The average molecular weight is 257 g/mol. The van der Waals surface area contributed by atoms with Gasteiger partial charge in [-0.15, -0.1) is 0 Å². The third-order valence-electron chi connectivity index (χ3n) is 2.40. The van der Waals surface area contributed by atoms with Crippen molar-refractivity contribution < 1.29 is 19.1 Å². The smallest absolute Gasteiger partial charge is 0.324 e. The summed E-state index contributed by atoms with van der Waals surface area (Å²) in [6.07, 6.45) is 1.15. The zero-order chi connectivity index (χ0) is 12.9. The summed E-state index contributed by atoms with van der Waals surface area (Å²) in [6.45, 7) is 0. The molecular formula is C11H16NO4P. The lowest BCUT2D eigenvalue weighted by molar-refractivity contribution is -0.109. The van der Waals surface area contributed by atoms with Crippen LogP contribution in [-0.4, -0.2) is 29.2 Å². The highest BCUT2D eigenvalue weighted by atomic mass is 31.2. The predicted octanol–water partition coefficient (Wildman–Crippen LogP) is 0.694. The van der Waals surface area contributed by atoms with E-state index < -0.39 is 7.60 Å². The van der Waals surface area contributed by atoms with E-state index in [0.717, 1.165) is 11.8 Å². The normalized spacial score (nSPS) is 13.4. The Balaban J connectivity index is 2.68. The van der Waals surface area contributed by atoms with Gasteiger partial charge >= 0.3 is 7.60 Å². The minimum Gasteiger partial charge on any atom is -0.324 e. The van der Waals surface area contributed by atoms with Crippen LogP contribution < -0.4 is 5.32 Å². The second kappa shape index (κ2) is 6.07. The predicted molar refractivity (Wildman–Crippen MR) is 64.8 cm³/mol. The van der Waals surface area contributed by atoms with Crippen molar-refractivity contribution in [3.05, 3.63) is 35.4 Å². The summed E-state index contributed by atoms with van der Waals surface area (Å²) in [5, 5.41) is 2.86. The lowest BCUT2D eigenvalue weighted by Gasteiger charge is -2.09. The van der Waals surface area contributed by atoms with Gasteiger partial charge in [-0.25, -0.2) is 0 Å². The summed E-state index contributed by atoms with van der Waals surface area (Å²) in [5.74, 6) is 0. The molecule has 0 aromatic heterocycles. The molecule has 0 saturated heterocycles. The summed E-state index contributed by atoms with van der Waals surface area (Å²) in [7, 11) is -2.30. The van der Waals surface area contributed by atoms with Crippen molar-refractivity contribution in [3.8, 4) is 0 Å². The molecule has 0 aliphatic carbocycles. The molecule has 6 heteroatoms. The minimum absolute atomic E-state index is 0.234. The SMILES string of the molecule is CN[C@H](C=O)Cc1ccc(CP(=O)(O)O)cc1.